The summed E-state index contributed by atoms with van der Waals surface area (Å²) >= 11 is 0. The molecule has 4 nitrogen and oxygen atoms in total. The van der Waals surface area contributed by atoms with Crippen LogP contribution in [0.3, 0.4) is 0 Å². The summed E-state index contributed by atoms with van der Waals surface area (Å²) < 4.78 is 11.3. The van der Waals surface area contributed by atoms with Gasteiger partial charge in [-0.3, -0.25) is 4.79 Å². The fraction of sp³-hybridized carbons (Fsp3) is 0.955. The van der Waals surface area contributed by atoms with Crippen molar-refractivity contribution in [1.82, 2.24) is 0 Å². The molecule has 1 saturated heterocycles. The van der Waals surface area contributed by atoms with Crippen LogP contribution in [-0.2, 0) is 14.3 Å². The average Bonchev–Trinajstić information content (AvgIpc) is 3.10. The first-order valence-corrected chi connectivity index (χ1v) is 11.3. The number of hydrogen-bond acceptors (Lipinski definition) is 3. The molecule has 4 heteroatoms. The third kappa shape index (κ3) is 12.0. The van der Waals surface area contributed by atoms with Crippen LogP contribution in [0.4, 0.5) is 0 Å². The van der Waals surface area contributed by atoms with Gasteiger partial charge in [0.2, 0.25) is 0 Å². The predicted octanol–water partition coefficient (Wildman–Crippen LogP) is 3.58. The lowest BCUT2D eigenvalue weighted by atomic mass is 10.1. The summed E-state index contributed by atoms with van der Waals surface area (Å²) in [4.78, 5) is 13.0. The summed E-state index contributed by atoms with van der Waals surface area (Å²) in [5.41, 5.74) is 0. The molecule has 0 amide bonds. The van der Waals surface area contributed by atoms with Crippen LogP contribution in [0.2, 0.25) is 0 Å². The van der Waals surface area contributed by atoms with Gasteiger partial charge in [-0.15, -0.1) is 0 Å². The van der Waals surface area contributed by atoms with Crippen molar-refractivity contribution in [3.8, 4) is 0 Å². The lowest BCUT2D eigenvalue weighted by Crippen LogP contribution is -3.15. The van der Waals surface area contributed by atoms with Gasteiger partial charge >= 0.3 is 0 Å². The molecule has 1 aliphatic heterocycles. The van der Waals surface area contributed by atoms with Gasteiger partial charge in [0, 0.05) is 26.4 Å². The zero-order valence-corrected chi connectivity index (χ0v) is 17.5. The minimum Gasteiger partial charge on any atom is -0.379 e. The number of rotatable bonds is 18. The van der Waals surface area contributed by atoms with E-state index < -0.39 is 0 Å². The number of quaternary nitrogens is 1. The highest BCUT2D eigenvalue weighted by Crippen LogP contribution is 2.10. The zero-order chi connectivity index (χ0) is 18.9. The number of nitrogens with one attached hydrogen (secondary N) is 1. The zero-order valence-electron chi connectivity index (χ0n) is 17.5. The molecule has 0 saturated carbocycles. The van der Waals surface area contributed by atoms with Crippen LogP contribution in [0.15, 0.2) is 0 Å². The third-order valence-corrected chi connectivity index (χ3v) is 5.56. The number of carbonyl (C=O) groups is 1. The number of hydrogen-bond donors (Lipinski definition) is 1. The fourth-order valence-corrected chi connectivity index (χ4v) is 3.92. The van der Waals surface area contributed by atoms with Gasteiger partial charge in [-0.25, -0.2) is 0 Å². The van der Waals surface area contributed by atoms with E-state index in [2.05, 4.69) is 6.92 Å². The van der Waals surface area contributed by atoms with Gasteiger partial charge in [0.15, 0.2) is 5.78 Å². The fourth-order valence-electron chi connectivity index (χ4n) is 3.92. The van der Waals surface area contributed by atoms with Crippen LogP contribution in [0, 0.1) is 0 Å². The lowest BCUT2D eigenvalue weighted by Gasteiger charge is -2.19. The van der Waals surface area contributed by atoms with Crippen LogP contribution >= 0.6 is 0 Å². The molecule has 0 aromatic carbocycles. The van der Waals surface area contributed by atoms with Crippen LogP contribution in [0.5, 0.6) is 0 Å². The minimum atomic E-state index is 0.214. The molecular formula is C22H44NO3+. The normalized spacial score (nSPS) is 19.9. The van der Waals surface area contributed by atoms with Crippen LogP contribution < -0.4 is 4.90 Å². The highest BCUT2D eigenvalue weighted by atomic mass is 16.5. The summed E-state index contributed by atoms with van der Waals surface area (Å²) in [7, 11) is 0. The molecule has 0 bridgehead atoms. The SMILES string of the molecule is CCCCCCCCCCCCOCCOCC[NH+]1CCCC1C(C)=O. The van der Waals surface area contributed by atoms with Crippen LogP contribution in [-0.4, -0.2) is 51.3 Å². The first kappa shape index (κ1) is 23.6. The van der Waals surface area contributed by atoms with Crippen molar-refractivity contribution >= 4 is 5.78 Å². The summed E-state index contributed by atoms with van der Waals surface area (Å²) in [6.45, 7) is 9.03. The summed E-state index contributed by atoms with van der Waals surface area (Å²) in [6, 6.07) is 0.214. The van der Waals surface area contributed by atoms with E-state index in [1.165, 1.54) is 75.5 Å². The standard InChI is InChI=1S/C22H43NO3/c1-3-4-5-6-7-8-9-10-11-12-17-25-19-20-26-18-16-23-15-13-14-22(23)21(2)24/h22H,3-20H2,1-2H3/p+1. The van der Waals surface area contributed by atoms with E-state index in [1.807, 2.05) is 0 Å². The van der Waals surface area contributed by atoms with E-state index in [1.54, 1.807) is 6.92 Å². The molecule has 0 radical (unpaired) electrons. The predicted molar refractivity (Wildman–Crippen MR) is 108 cm³/mol. The lowest BCUT2D eigenvalue weighted by molar-refractivity contribution is -0.903. The Bertz CT molecular complexity index is 335. The van der Waals surface area contributed by atoms with Crippen molar-refractivity contribution in [2.75, 3.05) is 39.5 Å². The molecule has 1 rings (SSSR count). The summed E-state index contributed by atoms with van der Waals surface area (Å²) in [6.07, 6.45) is 15.8. The Balaban J connectivity index is 1.75. The van der Waals surface area contributed by atoms with E-state index in [-0.39, 0.29) is 6.04 Å². The van der Waals surface area contributed by atoms with Gasteiger partial charge in [-0.2, -0.15) is 0 Å². The molecular weight excluding hydrogens is 326 g/mol. The van der Waals surface area contributed by atoms with Crippen molar-refractivity contribution in [3.63, 3.8) is 0 Å². The first-order chi connectivity index (χ1) is 12.8. The van der Waals surface area contributed by atoms with Gasteiger partial charge in [-0.1, -0.05) is 64.7 Å². The number of unbranched alkanes of at least 4 members (excludes halogenated alkanes) is 9. The van der Waals surface area contributed by atoms with Gasteiger partial charge in [0.25, 0.3) is 0 Å². The van der Waals surface area contributed by atoms with E-state index >= 15 is 0 Å². The van der Waals surface area contributed by atoms with E-state index in [4.69, 9.17) is 9.47 Å². The van der Waals surface area contributed by atoms with E-state index in [9.17, 15) is 4.79 Å². The van der Waals surface area contributed by atoms with Crippen LogP contribution in [0.25, 0.3) is 0 Å². The molecule has 0 aliphatic carbocycles. The molecule has 1 fully saturated rings. The second kappa shape index (κ2) is 16.7. The average molecular weight is 371 g/mol. The van der Waals surface area contributed by atoms with Crippen molar-refractivity contribution < 1.29 is 19.2 Å². The molecule has 26 heavy (non-hydrogen) atoms. The van der Waals surface area contributed by atoms with Crippen molar-refractivity contribution in [2.24, 2.45) is 0 Å². The smallest absolute Gasteiger partial charge is 0.186 e. The van der Waals surface area contributed by atoms with Gasteiger partial charge in [0.05, 0.1) is 26.4 Å². The Morgan fingerprint density at radius 1 is 0.846 bits per heavy atom. The van der Waals surface area contributed by atoms with Gasteiger partial charge in [0.1, 0.15) is 12.6 Å². The summed E-state index contributed by atoms with van der Waals surface area (Å²) in [5.74, 6) is 0.331. The molecule has 1 heterocycles. The highest BCUT2D eigenvalue weighted by molar-refractivity contribution is 5.80. The Morgan fingerprint density at radius 2 is 1.42 bits per heavy atom. The Hall–Kier alpha value is -0.450. The van der Waals surface area contributed by atoms with Gasteiger partial charge < -0.3 is 14.4 Å². The third-order valence-electron chi connectivity index (χ3n) is 5.56. The highest BCUT2D eigenvalue weighted by Gasteiger charge is 2.31. The molecule has 1 aliphatic rings. The Labute approximate surface area is 162 Å². The number of ketones is 1. The number of carbonyl (C=O) groups excluding carboxylic acids is 1. The quantitative estimate of drug-likeness (QED) is 0.375. The molecule has 0 spiro atoms. The molecule has 1 N–H and O–H groups in total. The monoisotopic (exact) mass is 370 g/mol. The Morgan fingerprint density at radius 3 is 2.04 bits per heavy atom. The second-order valence-corrected chi connectivity index (χ2v) is 7.87. The van der Waals surface area contributed by atoms with Crippen LogP contribution in [0.1, 0.15) is 90.9 Å². The van der Waals surface area contributed by atoms with Crippen molar-refractivity contribution in [1.29, 1.82) is 0 Å². The number of Topliss-reactive ketones (excluding diaryl/α,β-unsaturated/α-hetero) is 1. The largest absolute Gasteiger partial charge is 0.379 e. The first-order valence-electron chi connectivity index (χ1n) is 11.3. The molecule has 0 aromatic heterocycles. The maximum atomic E-state index is 11.5. The van der Waals surface area contributed by atoms with Crippen molar-refractivity contribution in [3.05, 3.63) is 0 Å². The maximum absolute atomic E-state index is 11.5. The molecule has 154 valence electrons. The van der Waals surface area contributed by atoms with E-state index in [0.29, 0.717) is 19.0 Å². The van der Waals surface area contributed by atoms with Crippen molar-refractivity contribution in [2.45, 2.75) is 96.9 Å². The Kier molecular flexibility index (Phi) is 15.2. The maximum Gasteiger partial charge on any atom is 0.186 e. The minimum absolute atomic E-state index is 0.214. The summed E-state index contributed by atoms with van der Waals surface area (Å²) in [5, 5.41) is 0. The van der Waals surface area contributed by atoms with E-state index in [0.717, 1.165) is 32.7 Å². The van der Waals surface area contributed by atoms with Gasteiger partial charge in [-0.05, 0) is 6.42 Å². The molecule has 0 aromatic rings. The second-order valence-electron chi connectivity index (χ2n) is 7.87. The number of likely N-dealkylation sites (tertiary alicyclic amines) is 1. The topological polar surface area (TPSA) is 40.0 Å². The number of ether oxygens (including phenoxy) is 2. The molecule has 2 unspecified atom stereocenters. The molecule has 2 atom stereocenters.